The van der Waals surface area contributed by atoms with E-state index in [9.17, 15) is 4.39 Å². The minimum Gasteiger partial charge on any atom is -0.494 e. The molecule has 0 unspecified atom stereocenters. The Kier molecular flexibility index (Phi) is 4.40. The summed E-state index contributed by atoms with van der Waals surface area (Å²) >= 11 is 0. The second kappa shape index (κ2) is 7.00. The van der Waals surface area contributed by atoms with Gasteiger partial charge in [-0.25, -0.2) is 9.38 Å². The van der Waals surface area contributed by atoms with Crippen LogP contribution in [0.2, 0.25) is 0 Å². The Morgan fingerprint density at radius 1 is 0.885 bits per heavy atom. The molecule has 1 aliphatic heterocycles. The Morgan fingerprint density at radius 2 is 1.54 bits per heavy atom. The van der Waals surface area contributed by atoms with Gasteiger partial charge in [-0.3, -0.25) is 0 Å². The summed E-state index contributed by atoms with van der Waals surface area (Å²) in [7, 11) is 1.44. The zero-order chi connectivity index (χ0) is 17.9. The molecule has 0 N–H and O–H groups in total. The summed E-state index contributed by atoms with van der Waals surface area (Å²) < 4.78 is 25.3. The van der Waals surface area contributed by atoms with Gasteiger partial charge in [0.1, 0.15) is 6.04 Å². The van der Waals surface area contributed by atoms with Crippen molar-refractivity contribution >= 4 is 5.90 Å². The van der Waals surface area contributed by atoms with Crippen molar-refractivity contribution in [3.63, 3.8) is 0 Å². The third-order valence-electron chi connectivity index (χ3n) is 4.45. The van der Waals surface area contributed by atoms with Crippen molar-refractivity contribution in [1.82, 2.24) is 0 Å². The van der Waals surface area contributed by atoms with Gasteiger partial charge in [-0.05, 0) is 29.3 Å². The number of hydrogen-bond acceptors (Lipinski definition) is 3. The summed E-state index contributed by atoms with van der Waals surface area (Å²) in [5.41, 5.74) is 2.70. The molecule has 130 valence electrons. The van der Waals surface area contributed by atoms with Crippen molar-refractivity contribution < 1.29 is 13.9 Å². The predicted molar refractivity (Wildman–Crippen MR) is 98.9 cm³/mol. The fraction of sp³-hybridized carbons (Fsp3) is 0.136. The van der Waals surface area contributed by atoms with Gasteiger partial charge in [0, 0.05) is 5.56 Å². The molecular weight excluding hydrogens is 329 g/mol. The first kappa shape index (κ1) is 16.3. The lowest BCUT2D eigenvalue weighted by atomic mass is 9.97. The monoisotopic (exact) mass is 347 g/mol. The van der Waals surface area contributed by atoms with Crippen LogP contribution in [0.15, 0.2) is 83.9 Å². The highest BCUT2D eigenvalue weighted by atomic mass is 19.1. The van der Waals surface area contributed by atoms with E-state index in [1.165, 1.54) is 13.2 Å². The van der Waals surface area contributed by atoms with E-state index in [0.717, 1.165) is 11.1 Å². The summed E-state index contributed by atoms with van der Waals surface area (Å²) in [6.45, 7) is 0. The first-order valence-corrected chi connectivity index (χ1v) is 8.44. The molecule has 0 aromatic heterocycles. The molecule has 1 aliphatic rings. The third kappa shape index (κ3) is 3.06. The van der Waals surface area contributed by atoms with Crippen molar-refractivity contribution in [3.05, 3.63) is 101 Å². The molecule has 0 amide bonds. The van der Waals surface area contributed by atoms with Gasteiger partial charge in [0.25, 0.3) is 0 Å². The van der Waals surface area contributed by atoms with E-state index in [-0.39, 0.29) is 17.9 Å². The molecule has 3 nitrogen and oxygen atoms in total. The van der Waals surface area contributed by atoms with Crippen LogP contribution in [0.25, 0.3) is 0 Å². The summed E-state index contributed by atoms with van der Waals surface area (Å²) in [5.74, 6) is 0.205. The van der Waals surface area contributed by atoms with Crippen LogP contribution < -0.4 is 4.74 Å². The van der Waals surface area contributed by atoms with Crippen LogP contribution in [0.5, 0.6) is 5.75 Å². The van der Waals surface area contributed by atoms with Gasteiger partial charge < -0.3 is 9.47 Å². The molecule has 4 rings (SSSR count). The van der Waals surface area contributed by atoms with Crippen molar-refractivity contribution in [3.8, 4) is 5.75 Å². The molecule has 3 aromatic carbocycles. The maximum absolute atomic E-state index is 14.1. The average molecular weight is 347 g/mol. The number of ether oxygens (including phenoxy) is 2. The minimum absolute atomic E-state index is 0.182. The number of nitrogens with zero attached hydrogens (tertiary/aromatic N) is 1. The smallest absolute Gasteiger partial charge is 0.217 e. The first-order chi connectivity index (χ1) is 12.8. The lowest BCUT2D eigenvalue weighted by Gasteiger charge is -2.18. The normalized spacial score (nSPS) is 18.9. The Morgan fingerprint density at radius 3 is 2.15 bits per heavy atom. The van der Waals surface area contributed by atoms with Crippen LogP contribution in [0.4, 0.5) is 4.39 Å². The van der Waals surface area contributed by atoms with E-state index in [0.29, 0.717) is 11.5 Å². The van der Waals surface area contributed by atoms with Gasteiger partial charge in [-0.1, -0.05) is 60.7 Å². The molecule has 26 heavy (non-hydrogen) atoms. The Labute approximate surface area is 151 Å². The summed E-state index contributed by atoms with van der Waals surface area (Å²) in [6, 6.07) is 24.5. The Balaban J connectivity index is 1.74. The zero-order valence-electron chi connectivity index (χ0n) is 14.3. The fourth-order valence-corrected chi connectivity index (χ4v) is 3.14. The van der Waals surface area contributed by atoms with Crippen LogP contribution in [0, 0.1) is 5.82 Å². The second-order valence-electron chi connectivity index (χ2n) is 6.09. The summed E-state index contributed by atoms with van der Waals surface area (Å²) in [4.78, 5) is 4.77. The molecule has 2 atom stereocenters. The molecule has 0 bridgehead atoms. The number of benzene rings is 3. The Hall–Kier alpha value is -3.14. The van der Waals surface area contributed by atoms with Crippen molar-refractivity contribution in [2.24, 2.45) is 4.99 Å². The van der Waals surface area contributed by atoms with E-state index in [1.54, 1.807) is 12.1 Å². The van der Waals surface area contributed by atoms with E-state index in [4.69, 9.17) is 14.5 Å². The zero-order valence-corrected chi connectivity index (χ0v) is 14.3. The molecule has 0 radical (unpaired) electrons. The summed E-state index contributed by atoms with van der Waals surface area (Å²) in [6.07, 6.45) is -0.251. The standard InChI is InChI=1S/C22H18FNO2/c1-25-19-13-12-17(14-18(19)23)22-24-20(15-8-4-2-5-9-15)21(26-22)16-10-6-3-7-11-16/h2-14,20-21H,1H3/t20-,21-/m1/s1. The van der Waals surface area contributed by atoms with Crippen LogP contribution >= 0.6 is 0 Å². The molecule has 1 heterocycles. The maximum Gasteiger partial charge on any atom is 0.217 e. The average Bonchev–Trinajstić information content (AvgIpc) is 3.15. The van der Waals surface area contributed by atoms with Crippen molar-refractivity contribution in [1.29, 1.82) is 0 Å². The molecule has 0 spiro atoms. The molecule has 3 aromatic rings. The lowest BCUT2D eigenvalue weighted by Crippen LogP contribution is -2.09. The highest BCUT2D eigenvalue weighted by molar-refractivity contribution is 5.95. The maximum atomic E-state index is 14.1. The number of methoxy groups -OCH3 is 1. The third-order valence-corrected chi connectivity index (χ3v) is 4.45. The highest BCUT2D eigenvalue weighted by Gasteiger charge is 2.34. The van der Waals surface area contributed by atoms with Crippen molar-refractivity contribution in [2.45, 2.75) is 12.1 Å². The minimum atomic E-state index is -0.435. The number of hydrogen-bond donors (Lipinski definition) is 0. The van der Waals surface area contributed by atoms with Crippen LogP contribution in [0.3, 0.4) is 0 Å². The van der Waals surface area contributed by atoms with Gasteiger partial charge in [0.2, 0.25) is 5.90 Å². The number of rotatable bonds is 4. The summed E-state index contributed by atoms with van der Waals surface area (Å²) in [5, 5.41) is 0. The Bertz CT molecular complexity index is 925. The molecule has 4 heteroatoms. The quantitative estimate of drug-likeness (QED) is 0.658. The topological polar surface area (TPSA) is 30.8 Å². The SMILES string of the molecule is COc1ccc(C2=N[C@H](c3ccccc3)[C@@H](c3ccccc3)O2)cc1F. The predicted octanol–water partition coefficient (Wildman–Crippen LogP) is 5.09. The van der Waals surface area contributed by atoms with E-state index < -0.39 is 5.82 Å². The van der Waals surface area contributed by atoms with Crippen molar-refractivity contribution in [2.75, 3.05) is 7.11 Å². The van der Waals surface area contributed by atoms with Gasteiger partial charge in [-0.15, -0.1) is 0 Å². The second-order valence-corrected chi connectivity index (χ2v) is 6.09. The fourth-order valence-electron chi connectivity index (χ4n) is 3.14. The highest BCUT2D eigenvalue weighted by Crippen LogP contribution is 2.41. The first-order valence-electron chi connectivity index (χ1n) is 8.44. The van der Waals surface area contributed by atoms with Gasteiger partial charge in [0.15, 0.2) is 17.7 Å². The molecular formula is C22H18FNO2. The lowest BCUT2D eigenvalue weighted by molar-refractivity contribution is 0.197. The molecule has 0 saturated heterocycles. The van der Waals surface area contributed by atoms with E-state index in [1.807, 2.05) is 60.7 Å². The molecule has 0 fully saturated rings. The van der Waals surface area contributed by atoms with Gasteiger partial charge >= 0.3 is 0 Å². The number of halogens is 1. The van der Waals surface area contributed by atoms with Gasteiger partial charge in [0.05, 0.1) is 7.11 Å². The van der Waals surface area contributed by atoms with E-state index in [2.05, 4.69) is 0 Å². The van der Waals surface area contributed by atoms with E-state index >= 15 is 0 Å². The van der Waals surface area contributed by atoms with Crippen LogP contribution in [0.1, 0.15) is 28.8 Å². The van der Waals surface area contributed by atoms with Crippen LogP contribution in [-0.4, -0.2) is 13.0 Å². The molecule has 0 saturated carbocycles. The molecule has 0 aliphatic carbocycles. The largest absolute Gasteiger partial charge is 0.494 e. The number of aliphatic imine (C=N–C) groups is 1. The van der Waals surface area contributed by atoms with Gasteiger partial charge in [-0.2, -0.15) is 0 Å². The van der Waals surface area contributed by atoms with Crippen LogP contribution in [-0.2, 0) is 4.74 Å².